The minimum absolute atomic E-state index is 0.0295. The maximum atomic E-state index is 12.5. The Kier molecular flexibility index (Phi) is 5.21. The van der Waals surface area contributed by atoms with Crippen molar-refractivity contribution in [3.63, 3.8) is 0 Å². The molecule has 0 bridgehead atoms. The van der Waals surface area contributed by atoms with Crippen molar-refractivity contribution in [2.45, 2.75) is 23.8 Å². The molecule has 0 aliphatic carbocycles. The lowest BCUT2D eigenvalue weighted by Gasteiger charge is -2.24. The number of halogens is 1. The predicted molar refractivity (Wildman–Crippen MR) is 79.0 cm³/mol. The van der Waals surface area contributed by atoms with Gasteiger partial charge in [-0.25, -0.2) is 17.9 Å². The Balaban J connectivity index is 2.33. The first-order valence-electron chi connectivity index (χ1n) is 6.55. The molecule has 1 aliphatic rings. The van der Waals surface area contributed by atoms with Gasteiger partial charge in [0.05, 0.1) is 17.6 Å². The SMILES string of the molecule is COC(=O)c1ccc(Cl)cc1S(=O)(=O)NC1CCCNC1. The Morgan fingerprint density at radius 1 is 1.48 bits per heavy atom. The third-order valence-corrected chi connectivity index (χ3v) is 5.05. The number of carbonyl (C=O) groups excluding carboxylic acids is 1. The summed E-state index contributed by atoms with van der Waals surface area (Å²) in [6, 6.07) is 3.86. The zero-order chi connectivity index (χ0) is 15.5. The molecule has 1 aliphatic heterocycles. The second kappa shape index (κ2) is 6.74. The Hall–Kier alpha value is -1.15. The molecule has 21 heavy (non-hydrogen) atoms. The van der Waals surface area contributed by atoms with E-state index in [0.717, 1.165) is 19.4 Å². The summed E-state index contributed by atoms with van der Waals surface area (Å²) in [6.45, 7) is 1.44. The van der Waals surface area contributed by atoms with Crippen LogP contribution in [0, 0.1) is 0 Å². The standard InChI is InChI=1S/C13H17ClN2O4S/c1-20-13(17)11-5-4-9(14)7-12(11)21(18,19)16-10-3-2-6-15-8-10/h4-5,7,10,15-16H,2-3,6,8H2,1H3. The summed E-state index contributed by atoms with van der Waals surface area (Å²) in [5, 5.41) is 3.36. The van der Waals surface area contributed by atoms with E-state index in [4.69, 9.17) is 11.6 Å². The summed E-state index contributed by atoms with van der Waals surface area (Å²) in [7, 11) is -2.64. The molecule has 1 aromatic rings. The van der Waals surface area contributed by atoms with E-state index in [0.29, 0.717) is 6.54 Å². The number of hydrogen-bond donors (Lipinski definition) is 2. The van der Waals surface area contributed by atoms with Crippen molar-refractivity contribution in [3.05, 3.63) is 28.8 Å². The van der Waals surface area contributed by atoms with Crippen molar-refractivity contribution in [3.8, 4) is 0 Å². The van der Waals surface area contributed by atoms with Gasteiger partial charge in [0.1, 0.15) is 0 Å². The Labute approximate surface area is 128 Å². The fourth-order valence-corrected chi connectivity index (χ4v) is 3.96. The van der Waals surface area contributed by atoms with E-state index < -0.39 is 16.0 Å². The zero-order valence-electron chi connectivity index (χ0n) is 11.6. The lowest BCUT2D eigenvalue weighted by Crippen LogP contribution is -2.45. The molecule has 8 heteroatoms. The molecule has 1 fully saturated rings. The van der Waals surface area contributed by atoms with E-state index in [1.165, 1.54) is 25.3 Å². The van der Waals surface area contributed by atoms with Gasteiger partial charge in [0.2, 0.25) is 10.0 Å². The van der Waals surface area contributed by atoms with E-state index in [-0.39, 0.29) is 21.5 Å². The maximum Gasteiger partial charge on any atom is 0.339 e. The van der Waals surface area contributed by atoms with Crippen LogP contribution < -0.4 is 10.0 Å². The minimum Gasteiger partial charge on any atom is -0.465 e. The second-order valence-electron chi connectivity index (χ2n) is 4.80. The Bertz CT molecular complexity index is 627. The number of piperidine rings is 1. The fraction of sp³-hybridized carbons (Fsp3) is 0.462. The molecule has 116 valence electrons. The lowest BCUT2D eigenvalue weighted by atomic mass is 10.1. The van der Waals surface area contributed by atoms with E-state index in [9.17, 15) is 13.2 Å². The summed E-state index contributed by atoms with van der Waals surface area (Å²) in [6.07, 6.45) is 1.65. The molecule has 0 spiro atoms. The summed E-state index contributed by atoms with van der Waals surface area (Å²) in [5.74, 6) is -0.714. The normalized spacial score (nSPS) is 19.2. The fourth-order valence-electron chi connectivity index (χ4n) is 2.23. The monoisotopic (exact) mass is 332 g/mol. The smallest absolute Gasteiger partial charge is 0.339 e. The Morgan fingerprint density at radius 3 is 2.86 bits per heavy atom. The topological polar surface area (TPSA) is 84.5 Å². The van der Waals surface area contributed by atoms with Crippen LogP contribution in [-0.4, -0.2) is 40.6 Å². The molecular weight excluding hydrogens is 316 g/mol. The van der Waals surface area contributed by atoms with Crippen LogP contribution in [0.3, 0.4) is 0 Å². The van der Waals surface area contributed by atoms with Gasteiger partial charge in [-0.1, -0.05) is 11.6 Å². The van der Waals surface area contributed by atoms with Crippen LogP contribution in [0.25, 0.3) is 0 Å². The number of carbonyl (C=O) groups is 1. The summed E-state index contributed by atoms with van der Waals surface area (Å²) in [5.41, 5.74) is -0.0295. The summed E-state index contributed by atoms with van der Waals surface area (Å²) >= 11 is 5.86. The molecule has 0 aromatic heterocycles. The molecule has 2 N–H and O–H groups in total. The molecule has 1 atom stereocenters. The molecule has 6 nitrogen and oxygen atoms in total. The molecule has 2 rings (SSSR count). The van der Waals surface area contributed by atoms with Crippen molar-refractivity contribution in [2.24, 2.45) is 0 Å². The number of methoxy groups -OCH3 is 1. The number of hydrogen-bond acceptors (Lipinski definition) is 5. The first kappa shape index (κ1) is 16.2. The van der Waals surface area contributed by atoms with Crippen molar-refractivity contribution in [2.75, 3.05) is 20.2 Å². The molecule has 0 radical (unpaired) electrons. The van der Waals surface area contributed by atoms with Gasteiger partial charge >= 0.3 is 5.97 Å². The van der Waals surface area contributed by atoms with Crippen LogP contribution in [0.5, 0.6) is 0 Å². The van der Waals surface area contributed by atoms with Gasteiger partial charge in [-0.05, 0) is 37.6 Å². The highest BCUT2D eigenvalue weighted by Gasteiger charge is 2.27. The molecule has 0 amide bonds. The highest BCUT2D eigenvalue weighted by atomic mass is 35.5. The lowest BCUT2D eigenvalue weighted by molar-refractivity contribution is 0.0596. The molecule has 0 saturated carbocycles. The summed E-state index contributed by atoms with van der Waals surface area (Å²) in [4.78, 5) is 11.6. The first-order valence-corrected chi connectivity index (χ1v) is 8.41. The van der Waals surface area contributed by atoms with Crippen LogP contribution in [0.1, 0.15) is 23.2 Å². The van der Waals surface area contributed by atoms with Gasteiger partial charge in [0.25, 0.3) is 0 Å². The van der Waals surface area contributed by atoms with E-state index in [1.54, 1.807) is 0 Å². The maximum absolute atomic E-state index is 12.5. The van der Waals surface area contributed by atoms with Crippen LogP contribution in [0.15, 0.2) is 23.1 Å². The first-order chi connectivity index (χ1) is 9.94. The number of rotatable bonds is 4. The molecule has 1 heterocycles. The molecule has 1 unspecified atom stereocenters. The van der Waals surface area contributed by atoms with E-state index in [2.05, 4.69) is 14.8 Å². The van der Waals surface area contributed by atoms with Gasteiger partial charge in [0, 0.05) is 17.6 Å². The highest BCUT2D eigenvalue weighted by Crippen LogP contribution is 2.22. The van der Waals surface area contributed by atoms with E-state index in [1.807, 2.05) is 0 Å². The van der Waals surface area contributed by atoms with Crippen molar-refractivity contribution in [1.82, 2.24) is 10.0 Å². The van der Waals surface area contributed by atoms with E-state index >= 15 is 0 Å². The third kappa shape index (κ3) is 3.94. The van der Waals surface area contributed by atoms with Crippen molar-refractivity contribution >= 4 is 27.6 Å². The summed E-state index contributed by atoms with van der Waals surface area (Å²) < 4.78 is 32.2. The zero-order valence-corrected chi connectivity index (χ0v) is 13.1. The predicted octanol–water partition coefficient (Wildman–Crippen LogP) is 1.16. The van der Waals surface area contributed by atoms with Gasteiger partial charge in [-0.3, -0.25) is 0 Å². The van der Waals surface area contributed by atoms with Crippen LogP contribution in [0.2, 0.25) is 5.02 Å². The van der Waals surface area contributed by atoms with Crippen molar-refractivity contribution in [1.29, 1.82) is 0 Å². The minimum atomic E-state index is -3.84. The van der Waals surface area contributed by atoms with Gasteiger partial charge in [-0.2, -0.15) is 0 Å². The van der Waals surface area contributed by atoms with Crippen molar-refractivity contribution < 1.29 is 17.9 Å². The number of nitrogens with one attached hydrogen (secondary N) is 2. The quantitative estimate of drug-likeness (QED) is 0.808. The van der Waals surface area contributed by atoms with Crippen LogP contribution in [0.4, 0.5) is 0 Å². The molecule has 1 aromatic carbocycles. The average Bonchev–Trinajstić information content (AvgIpc) is 2.47. The average molecular weight is 333 g/mol. The highest BCUT2D eigenvalue weighted by molar-refractivity contribution is 7.89. The largest absolute Gasteiger partial charge is 0.465 e. The van der Waals surface area contributed by atoms with Gasteiger partial charge in [-0.15, -0.1) is 0 Å². The molecular formula is C13H17ClN2O4S. The van der Waals surface area contributed by atoms with Gasteiger partial charge in [0.15, 0.2) is 0 Å². The number of benzene rings is 1. The van der Waals surface area contributed by atoms with Gasteiger partial charge < -0.3 is 10.1 Å². The number of sulfonamides is 1. The number of esters is 1. The third-order valence-electron chi connectivity index (χ3n) is 3.26. The number of ether oxygens (including phenoxy) is 1. The van der Waals surface area contributed by atoms with Crippen LogP contribution in [-0.2, 0) is 14.8 Å². The second-order valence-corrected chi connectivity index (χ2v) is 6.92. The molecule has 1 saturated heterocycles. The Morgan fingerprint density at radius 2 is 2.24 bits per heavy atom. The van der Waals surface area contributed by atoms with Crippen LogP contribution >= 0.6 is 11.6 Å².